The van der Waals surface area contributed by atoms with Crippen molar-refractivity contribution in [1.82, 2.24) is 4.98 Å². The first kappa shape index (κ1) is 14.7. The highest BCUT2D eigenvalue weighted by molar-refractivity contribution is 6.37. The van der Waals surface area contributed by atoms with Crippen molar-refractivity contribution in [2.75, 3.05) is 0 Å². The zero-order valence-electron chi connectivity index (χ0n) is 10.1. The minimum atomic E-state index is -0.508. The zero-order valence-corrected chi connectivity index (χ0v) is 12.4. The normalized spacial score (nSPS) is 10.2. The van der Waals surface area contributed by atoms with E-state index in [0.29, 0.717) is 16.3 Å². The van der Waals surface area contributed by atoms with Gasteiger partial charge in [-0.05, 0) is 25.1 Å². The summed E-state index contributed by atoms with van der Waals surface area (Å²) < 4.78 is 5.51. The first-order chi connectivity index (χ1) is 9.42. The molecule has 102 valence electrons. The van der Waals surface area contributed by atoms with Crippen molar-refractivity contribution in [2.45, 2.75) is 6.92 Å². The lowest BCUT2D eigenvalue weighted by Gasteiger charge is -2.11. The van der Waals surface area contributed by atoms with Crippen LogP contribution >= 0.6 is 34.8 Å². The summed E-state index contributed by atoms with van der Waals surface area (Å²) >= 11 is 17.8. The van der Waals surface area contributed by atoms with Gasteiger partial charge >= 0.3 is 0 Å². The summed E-state index contributed by atoms with van der Waals surface area (Å²) in [6.07, 6.45) is 0. The number of hydrogen-bond acceptors (Lipinski definition) is 3. The topological polar surface area (TPSA) is 65.9 Å². The van der Waals surface area contributed by atoms with Crippen LogP contribution in [0.1, 0.15) is 11.3 Å². The minimum Gasteiger partial charge on any atom is -0.454 e. The molecule has 0 amide bonds. The standard InChI is InChI=1S/C13H7Cl3N2O2/c1-6-10(15)12(11(16)13(19)18-6)20-9-3-7(5-17)2-8(14)4-9/h2-4H,1H3,(H,18,19). The second-order valence-electron chi connectivity index (χ2n) is 3.93. The van der Waals surface area contributed by atoms with Gasteiger partial charge in [-0.25, -0.2) is 0 Å². The second kappa shape index (κ2) is 5.76. The summed E-state index contributed by atoms with van der Waals surface area (Å²) in [6, 6.07) is 6.39. The lowest BCUT2D eigenvalue weighted by molar-refractivity contribution is 0.481. The fourth-order valence-corrected chi connectivity index (χ4v) is 2.18. The van der Waals surface area contributed by atoms with Crippen molar-refractivity contribution < 1.29 is 4.74 Å². The van der Waals surface area contributed by atoms with Crippen molar-refractivity contribution in [3.63, 3.8) is 0 Å². The largest absolute Gasteiger partial charge is 0.454 e. The summed E-state index contributed by atoms with van der Waals surface area (Å²) in [4.78, 5) is 14.1. The van der Waals surface area contributed by atoms with Crippen LogP contribution < -0.4 is 10.3 Å². The lowest BCUT2D eigenvalue weighted by atomic mass is 10.2. The van der Waals surface area contributed by atoms with E-state index < -0.39 is 5.56 Å². The molecule has 2 aromatic rings. The van der Waals surface area contributed by atoms with E-state index in [1.54, 1.807) is 6.92 Å². The van der Waals surface area contributed by atoms with Gasteiger partial charge in [0.05, 0.1) is 11.6 Å². The molecule has 1 N–H and O–H groups in total. The minimum absolute atomic E-state index is 0.0285. The van der Waals surface area contributed by atoms with Crippen molar-refractivity contribution in [1.29, 1.82) is 5.26 Å². The summed E-state index contributed by atoms with van der Waals surface area (Å²) in [5.74, 6) is 0.295. The number of nitrogens with one attached hydrogen (secondary N) is 1. The number of aryl methyl sites for hydroxylation is 1. The average Bonchev–Trinajstić information content (AvgIpc) is 2.40. The fraction of sp³-hybridized carbons (Fsp3) is 0.0769. The molecule has 2 rings (SSSR count). The number of pyridine rings is 1. The van der Waals surface area contributed by atoms with Crippen LogP contribution in [0.5, 0.6) is 11.5 Å². The number of H-pyrrole nitrogens is 1. The van der Waals surface area contributed by atoms with E-state index >= 15 is 0 Å². The molecule has 0 aliphatic rings. The van der Waals surface area contributed by atoms with E-state index in [1.807, 2.05) is 6.07 Å². The Morgan fingerprint density at radius 3 is 2.55 bits per heavy atom. The Morgan fingerprint density at radius 1 is 1.20 bits per heavy atom. The van der Waals surface area contributed by atoms with E-state index in [2.05, 4.69) is 4.98 Å². The molecular weight excluding hydrogens is 323 g/mol. The molecule has 4 nitrogen and oxygen atoms in total. The number of ether oxygens (including phenoxy) is 1. The van der Waals surface area contributed by atoms with Crippen LogP contribution in [0, 0.1) is 18.3 Å². The highest BCUT2D eigenvalue weighted by Crippen LogP contribution is 2.36. The van der Waals surface area contributed by atoms with E-state index in [0.717, 1.165) is 0 Å². The summed E-state index contributed by atoms with van der Waals surface area (Å²) in [5.41, 5.74) is 0.242. The third-order valence-electron chi connectivity index (χ3n) is 2.45. The van der Waals surface area contributed by atoms with Crippen molar-refractivity contribution in [3.05, 3.63) is 54.9 Å². The monoisotopic (exact) mass is 328 g/mol. The number of aromatic amines is 1. The van der Waals surface area contributed by atoms with E-state index in [1.165, 1.54) is 18.2 Å². The first-order valence-corrected chi connectivity index (χ1v) is 6.52. The molecule has 0 fully saturated rings. The third-order valence-corrected chi connectivity index (χ3v) is 3.47. The van der Waals surface area contributed by atoms with Crippen LogP contribution in [-0.2, 0) is 0 Å². The molecule has 0 spiro atoms. The number of hydrogen-bond donors (Lipinski definition) is 1. The van der Waals surface area contributed by atoms with E-state index in [-0.39, 0.29) is 21.5 Å². The van der Waals surface area contributed by atoms with Gasteiger partial charge in [0.1, 0.15) is 15.8 Å². The molecule has 20 heavy (non-hydrogen) atoms. The predicted octanol–water partition coefficient (Wildman–Crippen LogP) is 4.31. The van der Waals surface area contributed by atoms with Gasteiger partial charge in [0.15, 0.2) is 5.75 Å². The Balaban J connectivity index is 2.53. The number of rotatable bonds is 2. The van der Waals surface area contributed by atoms with Gasteiger partial charge in [-0.2, -0.15) is 5.26 Å². The van der Waals surface area contributed by atoms with Gasteiger partial charge in [-0.1, -0.05) is 34.8 Å². The molecule has 0 aliphatic heterocycles. The van der Waals surface area contributed by atoms with Gasteiger partial charge in [-0.3, -0.25) is 4.79 Å². The maximum absolute atomic E-state index is 11.6. The molecule has 0 aliphatic carbocycles. The van der Waals surface area contributed by atoms with E-state index in [4.69, 9.17) is 44.8 Å². The van der Waals surface area contributed by atoms with Crippen LogP contribution in [0.25, 0.3) is 0 Å². The number of benzene rings is 1. The van der Waals surface area contributed by atoms with Crippen molar-refractivity contribution in [3.8, 4) is 17.6 Å². The summed E-state index contributed by atoms with van der Waals surface area (Å²) in [5, 5.41) is 9.23. The molecule has 0 bridgehead atoms. The Morgan fingerprint density at radius 2 is 1.90 bits per heavy atom. The molecule has 0 saturated carbocycles. The first-order valence-electron chi connectivity index (χ1n) is 5.38. The maximum atomic E-state index is 11.6. The zero-order chi connectivity index (χ0) is 14.9. The van der Waals surface area contributed by atoms with Gasteiger partial charge in [0.2, 0.25) is 0 Å². The highest BCUT2D eigenvalue weighted by atomic mass is 35.5. The van der Waals surface area contributed by atoms with Gasteiger partial charge < -0.3 is 9.72 Å². The van der Waals surface area contributed by atoms with Crippen molar-refractivity contribution in [2.24, 2.45) is 0 Å². The molecule has 0 radical (unpaired) electrons. The molecule has 1 heterocycles. The van der Waals surface area contributed by atoms with Crippen LogP contribution in [-0.4, -0.2) is 4.98 Å². The van der Waals surface area contributed by atoms with Crippen LogP contribution in [0.4, 0.5) is 0 Å². The third kappa shape index (κ3) is 2.91. The molecule has 7 heteroatoms. The van der Waals surface area contributed by atoms with Crippen molar-refractivity contribution >= 4 is 34.8 Å². The Kier molecular flexibility index (Phi) is 4.24. The second-order valence-corrected chi connectivity index (χ2v) is 5.12. The van der Waals surface area contributed by atoms with Gasteiger partial charge in [0, 0.05) is 10.7 Å². The summed E-state index contributed by atoms with van der Waals surface area (Å²) in [7, 11) is 0. The maximum Gasteiger partial charge on any atom is 0.270 e. The summed E-state index contributed by atoms with van der Waals surface area (Å²) in [6.45, 7) is 1.62. The Hall–Kier alpha value is -1.67. The lowest BCUT2D eigenvalue weighted by Crippen LogP contribution is -2.09. The van der Waals surface area contributed by atoms with E-state index in [9.17, 15) is 4.79 Å². The van der Waals surface area contributed by atoms with Gasteiger partial charge in [-0.15, -0.1) is 0 Å². The number of halogens is 3. The molecule has 1 aromatic heterocycles. The van der Waals surface area contributed by atoms with Crippen LogP contribution in [0.2, 0.25) is 15.1 Å². The quantitative estimate of drug-likeness (QED) is 0.893. The van der Waals surface area contributed by atoms with Crippen LogP contribution in [0.15, 0.2) is 23.0 Å². The molecule has 1 aromatic carbocycles. The molecular formula is C13H7Cl3N2O2. The average molecular weight is 330 g/mol. The van der Waals surface area contributed by atoms with Gasteiger partial charge in [0.25, 0.3) is 5.56 Å². The fourth-order valence-electron chi connectivity index (χ4n) is 1.54. The molecule has 0 atom stereocenters. The number of aromatic nitrogens is 1. The number of nitrogens with zero attached hydrogens (tertiary/aromatic N) is 1. The number of nitriles is 1. The smallest absolute Gasteiger partial charge is 0.270 e. The molecule has 0 unspecified atom stereocenters. The Labute approximate surface area is 129 Å². The highest BCUT2D eigenvalue weighted by Gasteiger charge is 2.15. The SMILES string of the molecule is Cc1[nH]c(=O)c(Cl)c(Oc2cc(Cl)cc(C#N)c2)c1Cl. The van der Waals surface area contributed by atoms with Crippen LogP contribution in [0.3, 0.4) is 0 Å². The molecule has 0 saturated heterocycles. The predicted molar refractivity (Wildman–Crippen MR) is 78.1 cm³/mol. The Bertz CT molecular complexity index is 778.